The van der Waals surface area contributed by atoms with Crippen LogP contribution in [0.4, 0.5) is 0 Å². The summed E-state index contributed by atoms with van der Waals surface area (Å²) < 4.78 is 40.8. The molecule has 1 aliphatic heterocycles. The van der Waals surface area contributed by atoms with E-state index < -0.39 is 22.1 Å². The minimum absolute atomic E-state index is 0.0715. The first-order chi connectivity index (χ1) is 15.1. The lowest BCUT2D eigenvalue weighted by molar-refractivity contribution is -0.0253. The van der Waals surface area contributed by atoms with Gasteiger partial charge in [-0.25, -0.2) is 8.37 Å². The van der Waals surface area contributed by atoms with Crippen LogP contribution < -0.4 is 0 Å². The van der Waals surface area contributed by atoms with E-state index in [2.05, 4.69) is 36.4 Å². The monoisotopic (exact) mass is 436 g/mol. The van der Waals surface area contributed by atoms with Gasteiger partial charge in [-0.15, -0.1) is 0 Å². The van der Waals surface area contributed by atoms with Gasteiger partial charge in [0.25, 0.3) is 0 Å². The molecule has 3 aromatic carbocycles. The fourth-order valence-electron chi connectivity index (χ4n) is 4.75. The zero-order valence-corrected chi connectivity index (χ0v) is 17.8. The van der Waals surface area contributed by atoms with E-state index in [-0.39, 0.29) is 12.0 Å². The van der Waals surface area contributed by atoms with Gasteiger partial charge >= 0.3 is 10.4 Å². The number of hydrogen-bond donors (Lipinski definition) is 0. The predicted molar refractivity (Wildman–Crippen MR) is 117 cm³/mol. The van der Waals surface area contributed by atoms with Crippen molar-refractivity contribution in [3.05, 3.63) is 108 Å². The first kappa shape index (κ1) is 20.4. The summed E-state index contributed by atoms with van der Waals surface area (Å²) in [6, 6.07) is 30.4. The third kappa shape index (κ3) is 3.92. The van der Waals surface area contributed by atoms with Gasteiger partial charge in [0, 0.05) is 12.3 Å². The molecule has 0 radical (unpaired) electrons. The van der Waals surface area contributed by atoms with Crippen LogP contribution in [-0.2, 0) is 29.1 Å². The lowest BCUT2D eigenvalue weighted by Gasteiger charge is -2.37. The van der Waals surface area contributed by atoms with Crippen molar-refractivity contribution in [2.45, 2.75) is 30.7 Å². The van der Waals surface area contributed by atoms with Crippen molar-refractivity contribution in [1.29, 1.82) is 0 Å². The van der Waals surface area contributed by atoms with Crippen molar-refractivity contribution >= 4 is 10.4 Å². The lowest BCUT2D eigenvalue weighted by Crippen LogP contribution is -2.36. The van der Waals surface area contributed by atoms with Gasteiger partial charge in [0.05, 0.1) is 18.8 Å². The highest BCUT2D eigenvalue weighted by atomic mass is 32.3. The molecule has 31 heavy (non-hydrogen) atoms. The average molecular weight is 437 g/mol. The van der Waals surface area contributed by atoms with Crippen LogP contribution in [0.5, 0.6) is 0 Å². The third-order valence-electron chi connectivity index (χ3n) is 6.14. The van der Waals surface area contributed by atoms with E-state index in [0.29, 0.717) is 19.4 Å². The Bertz CT molecular complexity index is 1020. The molecule has 160 valence electrons. The van der Waals surface area contributed by atoms with Crippen LogP contribution in [0.15, 0.2) is 91.0 Å². The molecule has 1 saturated carbocycles. The van der Waals surface area contributed by atoms with E-state index in [0.717, 1.165) is 16.7 Å². The number of ether oxygens (including phenoxy) is 1. The Hall–Kier alpha value is -2.51. The van der Waals surface area contributed by atoms with Gasteiger partial charge in [-0.3, -0.25) is 0 Å². The summed E-state index contributed by atoms with van der Waals surface area (Å²) >= 11 is 0. The summed E-state index contributed by atoms with van der Waals surface area (Å²) in [7, 11) is -3.92. The summed E-state index contributed by atoms with van der Waals surface area (Å²) in [6.07, 6.45) is 0.418. The first-order valence-corrected chi connectivity index (χ1v) is 11.8. The van der Waals surface area contributed by atoms with Crippen LogP contribution in [0.25, 0.3) is 0 Å². The maximum atomic E-state index is 11.8. The van der Waals surface area contributed by atoms with Crippen molar-refractivity contribution in [3.8, 4) is 0 Å². The predicted octanol–water partition coefficient (Wildman–Crippen LogP) is 4.43. The second-order valence-corrected chi connectivity index (χ2v) is 9.28. The van der Waals surface area contributed by atoms with E-state index >= 15 is 0 Å². The Kier molecular flexibility index (Phi) is 5.40. The average Bonchev–Trinajstić information content (AvgIpc) is 3.10. The summed E-state index contributed by atoms with van der Waals surface area (Å²) in [4.78, 5) is 0. The van der Waals surface area contributed by atoms with Gasteiger partial charge in [-0.1, -0.05) is 91.0 Å². The molecule has 1 saturated heterocycles. The molecule has 3 aromatic rings. The van der Waals surface area contributed by atoms with Crippen LogP contribution in [0.3, 0.4) is 0 Å². The Morgan fingerprint density at radius 3 is 1.71 bits per heavy atom. The Morgan fingerprint density at radius 1 is 0.742 bits per heavy atom. The molecule has 6 heteroatoms. The van der Waals surface area contributed by atoms with Crippen molar-refractivity contribution in [2.75, 3.05) is 6.61 Å². The molecule has 2 bridgehead atoms. The summed E-state index contributed by atoms with van der Waals surface area (Å²) in [5.74, 6) is -0.0715. The van der Waals surface area contributed by atoms with Crippen molar-refractivity contribution in [2.24, 2.45) is 5.92 Å². The Balaban J connectivity index is 1.56. The molecular formula is C25H24O5S. The van der Waals surface area contributed by atoms with E-state index in [1.54, 1.807) is 0 Å². The number of fused-ring (bicyclic) bond motifs is 2. The molecule has 5 nitrogen and oxygen atoms in total. The molecule has 2 aliphatic rings. The summed E-state index contributed by atoms with van der Waals surface area (Å²) in [5, 5.41) is 0. The minimum Gasteiger partial charge on any atom is -0.360 e. The maximum Gasteiger partial charge on any atom is 0.400 e. The largest absolute Gasteiger partial charge is 0.400 e. The van der Waals surface area contributed by atoms with Gasteiger partial charge in [-0.2, -0.15) is 8.42 Å². The molecule has 2 fully saturated rings. The van der Waals surface area contributed by atoms with Crippen molar-refractivity contribution in [3.63, 3.8) is 0 Å². The molecule has 0 spiro atoms. The SMILES string of the molecule is O=S1(=O)O[C@H]2C[C@H](COC(c3ccccc3)(c3ccccc3)c3ccccc3)[C@H](C2)O1. The normalized spacial score (nSPS) is 24.7. The second-order valence-electron chi connectivity index (χ2n) is 8.08. The van der Waals surface area contributed by atoms with Crippen molar-refractivity contribution < 1.29 is 21.5 Å². The van der Waals surface area contributed by atoms with E-state index in [1.807, 2.05) is 54.6 Å². The molecule has 0 amide bonds. The highest BCUT2D eigenvalue weighted by molar-refractivity contribution is 7.81. The fraction of sp³-hybridized carbons (Fsp3) is 0.280. The maximum absolute atomic E-state index is 11.8. The molecule has 0 N–H and O–H groups in total. The lowest BCUT2D eigenvalue weighted by atomic mass is 9.80. The van der Waals surface area contributed by atoms with Crippen LogP contribution in [0, 0.1) is 5.92 Å². The number of benzene rings is 3. The highest BCUT2D eigenvalue weighted by Gasteiger charge is 2.47. The topological polar surface area (TPSA) is 61.8 Å². The molecule has 1 heterocycles. The van der Waals surface area contributed by atoms with E-state index in [1.165, 1.54) is 0 Å². The zero-order chi connectivity index (χ0) is 21.3. The molecule has 3 atom stereocenters. The van der Waals surface area contributed by atoms with Crippen LogP contribution in [-0.4, -0.2) is 27.2 Å². The summed E-state index contributed by atoms with van der Waals surface area (Å²) in [6.45, 7) is 0.346. The van der Waals surface area contributed by atoms with Gasteiger partial charge in [0.1, 0.15) is 5.60 Å². The third-order valence-corrected chi connectivity index (χ3v) is 7.13. The minimum atomic E-state index is -3.92. The smallest absolute Gasteiger partial charge is 0.360 e. The summed E-state index contributed by atoms with van der Waals surface area (Å²) in [5.41, 5.74) is 2.20. The number of rotatable bonds is 6. The van der Waals surface area contributed by atoms with Gasteiger partial charge in [0.2, 0.25) is 0 Å². The zero-order valence-electron chi connectivity index (χ0n) is 17.0. The van der Waals surface area contributed by atoms with Crippen molar-refractivity contribution in [1.82, 2.24) is 0 Å². The second kappa shape index (κ2) is 8.20. The van der Waals surface area contributed by atoms with Crippen LogP contribution in [0.1, 0.15) is 29.5 Å². The quantitative estimate of drug-likeness (QED) is 0.535. The Morgan fingerprint density at radius 2 is 1.23 bits per heavy atom. The van der Waals surface area contributed by atoms with Gasteiger partial charge in [0.15, 0.2) is 0 Å². The molecule has 0 aromatic heterocycles. The van der Waals surface area contributed by atoms with Crippen LogP contribution in [0.2, 0.25) is 0 Å². The Labute approximate surface area is 182 Å². The van der Waals surface area contributed by atoms with E-state index in [4.69, 9.17) is 13.1 Å². The van der Waals surface area contributed by atoms with Gasteiger partial charge < -0.3 is 4.74 Å². The molecule has 0 unspecified atom stereocenters. The molecular weight excluding hydrogens is 412 g/mol. The fourth-order valence-corrected chi connectivity index (χ4v) is 5.82. The molecule has 1 aliphatic carbocycles. The van der Waals surface area contributed by atoms with Crippen LogP contribution >= 0.6 is 0 Å². The van der Waals surface area contributed by atoms with E-state index in [9.17, 15) is 8.42 Å². The van der Waals surface area contributed by atoms with Gasteiger partial charge in [-0.05, 0) is 23.1 Å². The highest BCUT2D eigenvalue weighted by Crippen LogP contribution is 2.43. The first-order valence-electron chi connectivity index (χ1n) is 10.5. The number of hydrogen-bond acceptors (Lipinski definition) is 5. The molecule has 5 rings (SSSR count). The standard InChI is InChI=1S/C25H24O5S/c26-31(27)29-23-16-19(24(17-23)30-31)18-28-25(20-10-4-1-5-11-20,21-12-6-2-7-13-21)22-14-8-3-9-15-22/h1-15,19,23-24H,16-18H2/t19-,23+,24+/m1/s1.